The molecule has 0 radical (unpaired) electrons. The number of aliphatic imine (C=N–C) groups is 1. The molecular weight excluding hydrogens is 258 g/mol. The van der Waals surface area contributed by atoms with Gasteiger partial charge in [0.1, 0.15) is 0 Å². The van der Waals surface area contributed by atoms with Crippen LogP contribution >= 0.6 is 0 Å². The number of ketones is 1. The highest BCUT2D eigenvalue weighted by atomic mass is 16.1. The fourth-order valence-corrected chi connectivity index (χ4v) is 2.26. The molecule has 1 atom stereocenters. The second-order valence-electron chi connectivity index (χ2n) is 5.42. The number of carbonyl (C=O) groups is 1. The van der Waals surface area contributed by atoms with E-state index in [2.05, 4.69) is 24.0 Å². The van der Waals surface area contributed by atoms with Crippen LogP contribution in [0.15, 0.2) is 59.6 Å². The molecule has 2 aromatic carbocycles. The zero-order valence-corrected chi connectivity index (χ0v) is 12.8. The van der Waals surface area contributed by atoms with Crippen molar-refractivity contribution in [2.24, 2.45) is 4.99 Å². The number of Topliss-reactive ketones (excluding diaryl/α,β-unsaturated/α-hetero) is 1. The van der Waals surface area contributed by atoms with Gasteiger partial charge in [0.2, 0.25) is 0 Å². The van der Waals surface area contributed by atoms with Crippen molar-refractivity contribution in [2.45, 2.75) is 33.2 Å². The van der Waals surface area contributed by atoms with Crippen molar-refractivity contribution >= 4 is 11.5 Å². The van der Waals surface area contributed by atoms with Crippen LogP contribution in [-0.4, -0.2) is 11.5 Å². The number of hydrogen-bond acceptors (Lipinski definition) is 2. The lowest BCUT2D eigenvalue weighted by Crippen LogP contribution is -2.06. The predicted octanol–water partition coefficient (Wildman–Crippen LogP) is 4.79. The van der Waals surface area contributed by atoms with E-state index in [0.29, 0.717) is 6.42 Å². The number of benzene rings is 2. The van der Waals surface area contributed by atoms with Crippen molar-refractivity contribution in [3.8, 4) is 0 Å². The van der Waals surface area contributed by atoms with Crippen LogP contribution in [0, 0.1) is 6.92 Å². The fraction of sp³-hybridized carbons (Fsp3) is 0.263. The molecule has 2 heteroatoms. The molecule has 0 aliphatic rings. The van der Waals surface area contributed by atoms with E-state index in [1.807, 2.05) is 56.3 Å². The molecule has 0 N–H and O–H groups in total. The predicted molar refractivity (Wildman–Crippen MR) is 88.1 cm³/mol. The Hall–Kier alpha value is -2.22. The quantitative estimate of drug-likeness (QED) is 0.571. The lowest BCUT2D eigenvalue weighted by Gasteiger charge is -2.09. The Kier molecular flexibility index (Phi) is 5.04. The summed E-state index contributed by atoms with van der Waals surface area (Å²) in [7, 11) is 0. The Morgan fingerprint density at radius 2 is 1.67 bits per heavy atom. The summed E-state index contributed by atoms with van der Waals surface area (Å²) in [6.45, 7) is 5.99. The van der Waals surface area contributed by atoms with E-state index in [1.165, 1.54) is 5.56 Å². The Labute approximate surface area is 126 Å². The van der Waals surface area contributed by atoms with E-state index in [1.54, 1.807) is 0 Å². The minimum Gasteiger partial charge on any atom is -0.294 e. The van der Waals surface area contributed by atoms with Crippen LogP contribution in [-0.2, 0) is 0 Å². The molecule has 2 aromatic rings. The van der Waals surface area contributed by atoms with Gasteiger partial charge in [0.25, 0.3) is 0 Å². The Balaban J connectivity index is 2.03. The standard InChI is InChI=1S/C19H21NO/c1-14-9-11-18(12-10-14)19(21)13-15(2)20-16(3)17-7-5-4-6-8-17/h4-12,16H,13H2,1-3H3/t16-/m1/s1. The largest absolute Gasteiger partial charge is 0.294 e. The first-order chi connectivity index (χ1) is 10.1. The molecular formula is C19H21NO. The zero-order chi connectivity index (χ0) is 15.2. The van der Waals surface area contributed by atoms with Crippen LogP contribution in [0.3, 0.4) is 0 Å². The summed E-state index contributed by atoms with van der Waals surface area (Å²) < 4.78 is 0. The fourth-order valence-electron chi connectivity index (χ4n) is 2.26. The normalized spacial score (nSPS) is 13.0. The maximum Gasteiger partial charge on any atom is 0.168 e. The van der Waals surface area contributed by atoms with Gasteiger partial charge < -0.3 is 0 Å². The molecule has 108 valence electrons. The first-order valence-corrected chi connectivity index (χ1v) is 7.24. The topological polar surface area (TPSA) is 29.4 Å². The maximum atomic E-state index is 12.2. The summed E-state index contributed by atoms with van der Waals surface area (Å²) in [4.78, 5) is 16.8. The Bertz CT molecular complexity index is 626. The van der Waals surface area contributed by atoms with Crippen LogP contribution in [0.4, 0.5) is 0 Å². The van der Waals surface area contributed by atoms with Gasteiger partial charge in [-0.1, -0.05) is 60.2 Å². The second-order valence-corrected chi connectivity index (χ2v) is 5.42. The molecule has 0 amide bonds. The molecule has 0 fully saturated rings. The molecule has 0 aliphatic carbocycles. The lowest BCUT2D eigenvalue weighted by atomic mass is 10.0. The third-order valence-electron chi connectivity index (χ3n) is 3.49. The van der Waals surface area contributed by atoms with Crippen LogP contribution in [0.1, 0.15) is 47.8 Å². The van der Waals surface area contributed by atoms with Gasteiger partial charge in [0.05, 0.1) is 6.04 Å². The van der Waals surface area contributed by atoms with Gasteiger partial charge in [0.15, 0.2) is 5.78 Å². The van der Waals surface area contributed by atoms with Crippen LogP contribution in [0.2, 0.25) is 0 Å². The molecule has 0 unspecified atom stereocenters. The van der Waals surface area contributed by atoms with E-state index >= 15 is 0 Å². The number of carbonyl (C=O) groups excluding carboxylic acids is 1. The van der Waals surface area contributed by atoms with Gasteiger partial charge in [-0.25, -0.2) is 0 Å². The van der Waals surface area contributed by atoms with Gasteiger partial charge in [-0.2, -0.15) is 0 Å². The first-order valence-electron chi connectivity index (χ1n) is 7.24. The van der Waals surface area contributed by atoms with Gasteiger partial charge >= 0.3 is 0 Å². The molecule has 0 aromatic heterocycles. The Morgan fingerprint density at radius 1 is 1.05 bits per heavy atom. The molecule has 2 rings (SSSR count). The van der Waals surface area contributed by atoms with Crippen molar-refractivity contribution in [1.82, 2.24) is 0 Å². The van der Waals surface area contributed by atoms with Crippen LogP contribution in [0.5, 0.6) is 0 Å². The van der Waals surface area contributed by atoms with E-state index in [0.717, 1.165) is 16.8 Å². The summed E-state index contributed by atoms with van der Waals surface area (Å²) in [6.07, 6.45) is 0.375. The molecule has 0 saturated carbocycles. The minimum atomic E-state index is 0.0806. The van der Waals surface area contributed by atoms with Crippen LogP contribution < -0.4 is 0 Å². The third kappa shape index (κ3) is 4.38. The highest BCUT2D eigenvalue weighted by Crippen LogP contribution is 2.17. The van der Waals surface area contributed by atoms with E-state index in [4.69, 9.17) is 0 Å². The second kappa shape index (κ2) is 6.98. The molecule has 0 heterocycles. The number of hydrogen-bond donors (Lipinski definition) is 0. The molecule has 0 bridgehead atoms. The average molecular weight is 279 g/mol. The van der Waals surface area contributed by atoms with Gasteiger partial charge in [-0.05, 0) is 26.3 Å². The van der Waals surface area contributed by atoms with Crippen LogP contribution in [0.25, 0.3) is 0 Å². The van der Waals surface area contributed by atoms with E-state index in [-0.39, 0.29) is 11.8 Å². The summed E-state index contributed by atoms with van der Waals surface area (Å²) in [5, 5.41) is 0. The smallest absolute Gasteiger partial charge is 0.168 e. The van der Waals surface area contributed by atoms with E-state index < -0.39 is 0 Å². The van der Waals surface area contributed by atoms with Gasteiger partial charge in [0, 0.05) is 17.7 Å². The van der Waals surface area contributed by atoms with Crippen molar-refractivity contribution in [2.75, 3.05) is 0 Å². The van der Waals surface area contributed by atoms with Crippen molar-refractivity contribution in [3.63, 3.8) is 0 Å². The average Bonchev–Trinajstić information content (AvgIpc) is 2.48. The van der Waals surface area contributed by atoms with E-state index in [9.17, 15) is 4.79 Å². The highest BCUT2D eigenvalue weighted by molar-refractivity contribution is 6.09. The molecule has 2 nitrogen and oxygen atoms in total. The first kappa shape index (κ1) is 15.2. The molecule has 0 saturated heterocycles. The lowest BCUT2D eigenvalue weighted by molar-refractivity contribution is 0.100. The van der Waals surface area contributed by atoms with Crippen molar-refractivity contribution in [3.05, 3.63) is 71.3 Å². The SMILES string of the molecule is CC(CC(=O)c1ccc(C)cc1)=N[C@H](C)c1ccccc1. The van der Waals surface area contributed by atoms with Gasteiger partial charge in [-0.15, -0.1) is 0 Å². The summed E-state index contributed by atoms with van der Waals surface area (Å²) in [5.74, 6) is 0.122. The highest BCUT2D eigenvalue weighted by Gasteiger charge is 2.09. The van der Waals surface area contributed by atoms with Crippen molar-refractivity contribution in [1.29, 1.82) is 0 Å². The summed E-state index contributed by atoms with van der Waals surface area (Å²) in [6, 6.07) is 17.9. The molecule has 21 heavy (non-hydrogen) atoms. The van der Waals surface area contributed by atoms with Crippen molar-refractivity contribution < 1.29 is 4.79 Å². The summed E-state index contributed by atoms with van der Waals surface area (Å²) >= 11 is 0. The number of rotatable bonds is 5. The minimum absolute atomic E-state index is 0.0806. The third-order valence-corrected chi connectivity index (χ3v) is 3.49. The Morgan fingerprint density at radius 3 is 2.29 bits per heavy atom. The number of aryl methyl sites for hydroxylation is 1. The van der Waals surface area contributed by atoms with Gasteiger partial charge in [-0.3, -0.25) is 9.79 Å². The molecule has 0 spiro atoms. The number of nitrogens with zero attached hydrogens (tertiary/aromatic N) is 1. The summed E-state index contributed by atoms with van der Waals surface area (Å²) in [5.41, 5.74) is 3.95. The molecule has 0 aliphatic heterocycles. The maximum absolute atomic E-state index is 12.2. The monoisotopic (exact) mass is 279 g/mol. The zero-order valence-electron chi connectivity index (χ0n) is 12.8.